The third-order valence-corrected chi connectivity index (χ3v) is 6.76. The fraction of sp³-hybridized carbons (Fsp3) is 0.481. The van der Waals surface area contributed by atoms with Gasteiger partial charge in [0.2, 0.25) is 0 Å². The standard InChI is InChI=1S/C27H36N2O3/c1-21(30)10-15-26(24-11-13-25(14-12-24)29-16-18-32-19-17-29)27(22(2)31,28(3)4)20-23-8-6-5-7-9-23/h5-9,11-14,26H,10,15-20H2,1-4H3. The minimum Gasteiger partial charge on any atom is -0.378 e. The Morgan fingerprint density at radius 2 is 1.62 bits per heavy atom. The number of hydrogen-bond donors (Lipinski definition) is 0. The molecule has 2 aromatic rings. The van der Waals surface area contributed by atoms with Gasteiger partial charge in [0.1, 0.15) is 5.78 Å². The summed E-state index contributed by atoms with van der Waals surface area (Å²) in [4.78, 5) is 29.7. The van der Waals surface area contributed by atoms with Crippen LogP contribution in [0.5, 0.6) is 0 Å². The summed E-state index contributed by atoms with van der Waals surface area (Å²) < 4.78 is 5.47. The van der Waals surface area contributed by atoms with Gasteiger partial charge in [-0.1, -0.05) is 42.5 Å². The van der Waals surface area contributed by atoms with Gasteiger partial charge in [0.25, 0.3) is 0 Å². The molecule has 1 aliphatic heterocycles. The van der Waals surface area contributed by atoms with E-state index in [1.54, 1.807) is 13.8 Å². The van der Waals surface area contributed by atoms with E-state index in [9.17, 15) is 9.59 Å². The van der Waals surface area contributed by atoms with Crippen molar-refractivity contribution in [3.63, 3.8) is 0 Å². The van der Waals surface area contributed by atoms with E-state index in [4.69, 9.17) is 4.74 Å². The normalized spacial score (nSPS) is 17.1. The molecule has 1 heterocycles. The number of anilines is 1. The van der Waals surface area contributed by atoms with Gasteiger partial charge in [-0.15, -0.1) is 0 Å². The molecule has 2 unspecified atom stereocenters. The van der Waals surface area contributed by atoms with Crippen molar-refractivity contribution in [3.05, 3.63) is 65.7 Å². The van der Waals surface area contributed by atoms with E-state index in [0.29, 0.717) is 19.3 Å². The molecule has 0 amide bonds. The number of benzene rings is 2. The lowest BCUT2D eigenvalue weighted by Gasteiger charge is -2.45. The maximum absolute atomic E-state index is 13.3. The van der Waals surface area contributed by atoms with E-state index < -0.39 is 5.54 Å². The second-order valence-electron chi connectivity index (χ2n) is 9.02. The SMILES string of the molecule is CC(=O)CCC(c1ccc(N2CCOCC2)cc1)C(Cc1ccccc1)(C(C)=O)N(C)C. The molecule has 1 saturated heterocycles. The number of ketones is 2. The molecule has 172 valence electrons. The predicted molar refractivity (Wildman–Crippen MR) is 129 cm³/mol. The highest BCUT2D eigenvalue weighted by Crippen LogP contribution is 2.40. The summed E-state index contributed by atoms with van der Waals surface area (Å²) in [6.45, 7) is 6.57. The van der Waals surface area contributed by atoms with E-state index in [2.05, 4.69) is 46.2 Å². The number of hydrogen-bond acceptors (Lipinski definition) is 5. The minimum atomic E-state index is -0.739. The van der Waals surface area contributed by atoms with Crippen molar-refractivity contribution in [2.45, 2.75) is 44.6 Å². The minimum absolute atomic E-state index is 0.0992. The molecule has 1 fully saturated rings. The van der Waals surface area contributed by atoms with Gasteiger partial charge in [0, 0.05) is 31.1 Å². The predicted octanol–water partition coefficient (Wildman–Crippen LogP) is 4.11. The summed E-state index contributed by atoms with van der Waals surface area (Å²) in [5, 5.41) is 0. The second-order valence-corrected chi connectivity index (χ2v) is 9.02. The van der Waals surface area contributed by atoms with Crippen LogP contribution in [-0.4, -0.2) is 62.4 Å². The number of ether oxygens (including phenoxy) is 1. The molecule has 0 spiro atoms. The molecular formula is C27H36N2O3. The Morgan fingerprint density at radius 3 is 2.16 bits per heavy atom. The average Bonchev–Trinajstić information content (AvgIpc) is 2.79. The molecule has 3 rings (SSSR count). The van der Waals surface area contributed by atoms with Gasteiger partial charge >= 0.3 is 0 Å². The first-order valence-corrected chi connectivity index (χ1v) is 11.5. The van der Waals surface area contributed by atoms with Crippen molar-refractivity contribution in [2.24, 2.45) is 0 Å². The van der Waals surface area contributed by atoms with E-state index >= 15 is 0 Å². The Morgan fingerprint density at radius 1 is 1.00 bits per heavy atom. The summed E-state index contributed by atoms with van der Waals surface area (Å²) in [6.07, 6.45) is 1.69. The molecule has 0 N–H and O–H groups in total. The Bertz CT molecular complexity index is 889. The van der Waals surface area contributed by atoms with Gasteiger partial charge in [-0.25, -0.2) is 0 Å². The van der Waals surface area contributed by atoms with Crippen molar-refractivity contribution < 1.29 is 14.3 Å². The highest BCUT2D eigenvalue weighted by molar-refractivity contribution is 5.88. The molecule has 2 aromatic carbocycles. The van der Waals surface area contributed by atoms with Crippen molar-refractivity contribution >= 4 is 17.3 Å². The third kappa shape index (κ3) is 5.45. The lowest BCUT2D eigenvalue weighted by atomic mass is 9.70. The van der Waals surface area contributed by atoms with Crippen LogP contribution in [0.2, 0.25) is 0 Å². The number of Topliss-reactive ketones (excluding diaryl/α,β-unsaturated/α-hetero) is 2. The maximum atomic E-state index is 13.3. The zero-order valence-corrected chi connectivity index (χ0v) is 19.8. The topological polar surface area (TPSA) is 49.9 Å². The zero-order chi connectivity index (χ0) is 23.1. The number of carbonyl (C=O) groups excluding carboxylic acids is 2. The van der Waals surface area contributed by atoms with Crippen molar-refractivity contribution in [1.82, 2.24) is 4.90 Å². The van der Waals surface area contributed by atoms with Crippen LogP contribution in [0.25, 0.3) is 0 Å². The molecule has 2 atom stereocenters. The molecule has 0 aliphatic carbocycles. The summed E-state index contributed by atoms with van der Waals surface area (Å²) in [7, 11) is 3.96. The van der Waals surface area contributed by atoms with Gasteiger partial charge in [-0.05, 0) is 64.0 Å². The first-order chi connectivity index (χ1) is 15.3. The highest BCUT2D eigenvalue weighted by atomic mass is 16.5. The van der Waals surface area contributed by atoms with E-state index in [1.165, 1.54) is 5.69 Å². The van der Waals surface area contributed by atoms with Gasteiger partial charge in [-0.3, -0.25) is 9.69 Å². The maximum Gasteiger partial charge on any atom is 0.150 e. The molecule has 5 heteroatoms. The van der Waals surface area contributed by atoms with E-state index in [-0.39, 0.29) is 17.5 Å². The number of carbonyl (C=O) groups is 2. The van der Waals surface area contributed by atoms with Crippen molar-refractivity contribution in [1.29, 1.82) is 0 Å². The molecule has 0 radical (unpaired) electrons. The zero-order valence-electron chi connectivity index (χ0n) is 19.8. The van der Waals surface area contributed by atoms with Crippen LogP contribution in [0.15, 0.2) is 54.6 Å². The molecule has 1 aliphatic rings. The number of morpholine rings is 1. The van der Waals surface area contributed by atoms with E-state index in [0.717, 1.165) is 37.4 Å². The van der Waals surface area contributed by atoms with Crippen molar-refractivity contribution in [2.75, 3.05) is 45.3 Å². The third-order valence-electron chi connectivity index (χ3n) is 6.76. The largest absolute Gasteiger partial charge is 0.378 e. The lowest BCUT2D eigenvalue weighted by Crippen LogP contribution is -2.56. The summed E-state index contributed by atoms with van der Waals surface area (Å²) in [6, 6.07) is 18.7. The fourth-order valence-electron chi connectivity index (χ4n) is 4.95. The van der Waals surface area contributed by atoms with Gasteiger partial charge in [0.05, 0.1) is 18.8 Å². The lowest BCUT2D eigenvalue weighted by molar-refractivity contribution is -0.130. The number of likely N-dealkylation sites (N-methyl/N-ethyl adjacent to an activating group) is 1. The van der Waals surface area contributed by atoms with Crippen LogP contribution in [0.3, 0.4) is 0 Å². The molecule has 5 nitrogen and oxygen atoms in total. The number of nitrogens with zero attached hydrogens (tertiary/aromatic N) is 2. The molecular weight excluding hydrogens is 400 g/mol. The Labute approximate surface area is 192 Å². The van der Waals surface area contributed by atoms with Gasteiger partial charge < -0.3 is 14.4 Å². The first-order valence-electron chi connectivity index (χ1n) is 11.5. The fourth-order valence-corrected chi connectivity index (χ4v) is 4.95. The van der Waals surface area contributed by atoms with Crippen molar-refractivity contribution in [3.8, 4) is 0 Å². The summed E-state index contributed by atoms with van der Waals surface area (Å²) in [5.41, 5.74) is 2.65. The smallest absolute Gasteiger partial charge is 0.150 e. The van der Waals surface area contributed by atoms with Crippen LogP contribution in [0.1, 0.15) is 43.7 Å². The molecule has 32 heavy (non-hydrogen) atoms. The second kappa shape index (κ2) is 10.9. The summed E-state index contributed by atoms with van der Waals surface area (Å²) in [5.74, 6) is 0.172. The molecule has 0 bridgehead atoms. The molecule has 0 saturated carbocycles. The summed E-state index contributed by atoms with van der Waals surface area (Å²) >= 11 is 0. The van der Waals surface area contributed by atoms with Crippen LogP contribution in [-0.2, 0) is 20.7 Å². The Kier molecular flexibility index (Phi) is 8.21. The van der Waals surface area contributed by atoms with Gasteiger partial charge in [-0.2, -0.15) is 0 Å². The monoisotopic (exact) mass is 436 g/mol. The Balaban J connectivity index is 2.01. The van der Waals surface area contributed by atoms with Crippen LogP contribution >= 0.6 is 0 Å². The van der Waals surface area contributed by atoms with Crippen LogP contribution in [0.4, 0.5) is 5.69 Å². The van der Waals surface area contributed by atoms with Crippen LogP contribution < -0.4 is 4.90 Å². The van der Waals surface area contributed by atoms with Crippen LogP contribution in [0, 0.1) is 0 Å². The quantitative estimate of drug-likeness (QED) is 0.561. The number of rotatable bonds is 10. The first kappa shape index (κ1) is 24.1. The molecule has 0 aromatic heterocycles. The van der Waals surface area contributed by atoms with E-state index in [1.807, 2.05) is 32.3 Å². The van der Waals surface area contributed by atoms with Gasteiger partial charge in [0.15, 0.2) is 5.78 Å². The average molecular weight is 437 g/mol. The Hall–Kier alpha value is -2.50. The highest BCUT2D eigenvalue weighted by Gasteiger charge is 2.45.